The highest BCUT2D eigenvalue weighted by Crippen LogP contribution is 2.34. The number of aromatic nitrogens is 4. The summed E-state index contributed by atoms with van der Waals surface area (Å²) in [6.07, 6.45) is 3.09. The van der Waals surface area contributed by atoms with Gasteiger partial charge in [-0.3, -0.25) is 13.9 Å². The van der Waals surface area contributed by atoms with Crippen LogP contribution in [0.25, 0.3) is 11.2 Å². The van der Waals surface area contributed by atoms with E-state index < -0.39 is 0 Å². The van der Waals surface area contributed by atoms with Gasteiger partial charge in [-0.25, -0.2) is 4.79 Å². The number of halogens is 1. The molecule has 4 rings (SSSR count). The average Bonchev–Trinajstić information content (AvgIpc) is 3.17. The van der Waals surface area contributed by atoms with Crippen molar-refractivity contribution in [1.82, 2.24) is 24.0 Å². The second-order valence-electron chi connectivity index (χ2n) is 5.96. The molecule has 0 amide bonds. The van der Waals surface area contributed by atoms with Gasteiger partial charge in [0.1, 0.15) is 0 Å². The molecule has 1 fully saturated rings. The highest BCUT2D eigenvalue weighted by molar-refractivity contribution is 5.85. The fourth-order valence-electron chi connectivity index (χ4n) is 3.45. The molecule has 0 aromatic carbocycles. The number of hydrogen-bond acceptors (Lipinski definition) is 5. The van der Waals surface area contributed by atoms with Gasteiger partial charge < -0.3 is 14.8 Å². The number of rotatable bonds is 1. The van der Waals surface area contributed by atoms with Gasteiger partial charge in [0, 0.05) is 52.0 Å². The number of aryl methyl sites for hydroxylation is 2. The third-order valence-corrected chi connectivity index (χ3v) is 4.74. The van der Waals surface area contributed by atoms with Crippen molar-refractivity contribution in [3.8, 4) is 0 Å². The zero-order chi connectivity index (χ0) is 15.6. The van der Waals surface area contributed by atoms with E-state index in [0.29, 0.717) is 23.0 Å². The largest absolute Gasteiger partial charge is 0.389 e. The maximum Gasteiger partial charge on any atom is 0.332 e. The molecular weight excluding hydrogens is 320 g/mol. The van der Waals surface area contributed by atoms with E-state index in [9.17, 15) is 9.59 Å². The molecule has 4 heterocycles. The molecule has 1 N–H and O–H groups in total. The first-order chi connectivity index (χ1) is 10.5. The minimum absolute atomic E-state index is 0. The van der Waals surface area contributed by atoms with Crippen molar-refractivity contribution in [2.45, 2.75) is 6.42 Å². The first-order valence-electron chi connectivity index (χ1n) is 7.34. The number of fused-ring (bicyclic) bond motifs is 2. The molecule has 1 atom stereocenters. The monoisotopic (exact) mass is 338 g/mol. The molecule has 1 saturated heterocycles. The molecule has 1 unspecified atom stereocenters. The Hall–Kier alpha value is -2.22. The molecule has 2 aliphatic rings. The molecule has 124 valence electrons. The van der Waals surface area contributed by atoms with Crippen LogP contribution in [0, 0.1) is 5.92 Å². The van der Waals surface area contributed by atoms with Crippen molar-refractivity contribution in [1.29, 1.82) is 0 Å². The zero-order valence-electron chi connectivity index (χ0n) is 13.2. The van der Waals surface area contributed by atoms with Crippen molar-refractivity contribution in [3.63, 3.8) is 0 Å². The van der Waals surface area contributed by atoms with Crippen LogP contribution in [0.2, 0.25) is 0 Å². The number of anilines is 1. The second-order valence-corrected chi connectivity index (χ2v) is 5.96. The van der Waals surface area contributed by atoms with E-state index in [1.54, 1.807) is 11.6 Å². The lowest BCUT2D eigenvalue weighted by Gasteiger charge is -2.18. The van der Waals surface area contributed by atoms with E-state index in [1.807, 2.05) is 13.2 Å². The summed E-state index contributed by atoms with van der Waals surface area (Å²) in [5.41, 5.74) is 1.42. The molecule has 9 heteroatoms. The van der Waals surface area contributed by atoms with Crippen LogP contribution >= 0.6 is 12.4 Å². The average molecular weight is 339 g/mol. The van der Waals surface area contributed by atoms with Crippen LogP contribution in [0.3, 0.4) is 0 Å². The van der Waals surface area contributed by atoms with Gasteiger partial charge in [0.2, 0.25) is 5.95 Å². The van der Waals surface area contributed by atoms with Crippen molar-refractivity contribution < 1.29 is 0 Å². The van der Waals surface area contributed by atoms with Gasteiger partial charge in [0.05, 0.1) is 0 Å². The van der Waals surface area contributed by atoms with E-state index in [-0.39, 0.29) is 23.7 Å². The molecule has 23 heavy (non-hydrogen) atoms. The smallest absolute Gasteiger partial charge is 0.332 e. The number of imidazole rings is 1. The quantitative estimate of drug-likeness (QED) is 0.770. The molecule has 0 saturated carbocycles. The highest BCUT2D eigenvalue weighted by Gasteiger charge is 2.34. The van der Waals surface area contributed by atoms with E-state index in [2.05, 4.69) is 15.2 Å². The Kier molecular flexibility index (Phi) is 3.51. The molecule has 8 nitrogen and oxygen atoms in total. The number of nitrogens with one attached hydrogen (secondary N) is 1. The number of hydrogen-bond donors (Lipinski definition) is 1. The Morgan fingerprint density at radius 1 is 1.17 bits per heavy atom. The summed E-state index contributed by atoms with van der Waals surface area (Å²) in [7, 11) is 4.96. The van der Waals surface area contributed by atoms with Crippen molar-refractivity contribution >= 4 is 29.5 Å². The lowest BCUT2D eigenvalue weighted by molar-refractivity contribution is 0.647. The van der Waals surface area contributed by atoms with E-state index in [1.165, 1.54) is 17.3 Å². The van der Waals surface area contributed by atoms with Gasteiger partial charge in [-0.2, -0.15) is 4.98 Å². The topological polar surface area (TPSA) is 77.1 Å². The molecule has 2 aliphatic heterocycles. The summed E-state index contributed by atoms with van der Waals surface area (Å²) < 4.78 is 4.34. The van der Waals surface area contributed by atoms with Crippen LogP contribution in [-0.2, 0) is 21.1 Å². The molecular formula is C14H19ClN6O2. The van der Waals surface area contributed by atoms with Crippen LogP contribution in [-0.4, -0.2) is 31.8 Å². The Balaban J connectivity index is 0.00000156. The van der Waals surface area contributed by atoms with Crippen molar-refractivity contribution in [3.05, 3.63) is 32.7 Å². The minimum Gasteiger partial charge on any atom is -0.389 e. The summed E-state index contributed by atoms with van der Waals surface area (Å²) in [5, 5.41) is 3.26. The molecule has 0 bridgehead atoms. The predicted octanol–water partition coefficient (Wildman–Crippen LogP) is -0.337. The molecule has 0 spiro atoms. The molecule has 0 aliphatic carbocycles. The van der Waals surface area contributed by atoms with Crippen molar-refractivity contribution in [2.24, 2.45) is 27.1 Å². The summed E-state index contributed by atoms with van der Waals surface area (Å²) in [4.78, 5) is 31.2. The SMILES string of the molecule is Cl.Cn1c(=O)c2c(nc(N3CCC4CNC=C43)n2C)n(C)c1=O. The predicted molar refractivity (Wildman–Crippen MR) is 90.0 cm³/mol. The summed E-state index contributed by atoms with van der Waals surface area (Å²) in [6, 6.07) is 0. The fraction of sp³-hybridized carbons (Fsp3) is 0.500. The second kappa shape index (κ2) is 5.16. The van der Waals surface area contributed by atoms with Gasteiger partial charge in [-0.05, 0) is 6.42 Å². The first-order valence-corrected chi connectivity index (χ1v) is 7.34. The number of nitrogens with zero attached hydrogens (tertiary/aromatic N) is 5. The van der Waals surface area contributed by atoms with Crippen LogP contribution in [0.15, 0.2) is 21.5 Å². The standard InChI is InChI=1S/C14H18N6O2.ClH/c1-17-10-11(18(2)14(22)19(3)12(10)21)16-13(17)20-5-4-8-6-15-7-9(8)20;/h7-8,15H,4-6H2,1-3H3;1H. The molecule has 0 radical (unpaired) electrons. The minimum atomic E-state index is -0.358. The van der Waals surface area contributed by atoms with Gasteiger partial charge in [0.15, 0.2) is 11.2 Å². The van der Waals surface area contributed by atoms with Gasteiger partial charge in [0.25, 0.3) is 5.56 Å². The van der Waals surface area contributed by atoms with E-state index in [4.69, 9.17) is 0 Å². The normalized spacial score (nSPS) is 19.5. The Morgan fingerprint density at radius 3 is 2.65 bits per heavy atom. The third kappa shape index (κ3) is 1.94. The van der Waals surface area contributed by atoms with Crippen LogP contribution in [0.4, 0.5) is 5.95 Å². The van der Waals surface area contributed by atoms with E-state index >= 15 is 0 Å². The van der Waals surface area contributed by atoms with E-state index in [0.717, 1.165) is 24.1 Å². The highest BCUT2D eigenvalue weighted by atomic mass is 35.5. The third-order valence-electron chi connectivity index (χ3n) is 4.74. The molecule has 2 aromatic rings. The maximum absolute atomic E-state index is 12.4. The zero-order valence-corrected chi connectivity index (χ0v) is 14.1. The Morgan fingerprint density at radius 2 is 1.91 bits per heavy atom. The van der Waals surface area contributed by atoms with Gasteiger partial charge in [-0.15, -0.1) is 12.4 Å². The maximum atomic E-state index is 12.4. The Bertz CT molecular complexity index is 937. The van der Waals surface area contributed by atoms with Gasteiger partial charge in [-0.1, -0.05) is 0 Å². The van der Waals surface area contributed by atoms with Gasteiger partial charge >= 0.3 is 5.69 Å². The van der Waals surface area contributed by atoms with Crippen LogP contribution in [0.1, 0.15) is 6.42 Å². The van der Waals surface area contributed by atoms with Crippen LogP contribution < -0.4 is 21.5 Å². The first kappa shape index (κ1) is 15.7. The summed E-state index contributed by atoms with van der Waals surface area (Å²) in [6.45, 7) is 1.83. The lowest BCUT2D eigenvalue weighted by atomic mass is 10.1. The summed E-state index contributed by atoms with van der Waals surface area (Å²) in [5.74, 6) is 1.22. The fourth-order valence-corrected chi connectivity index (χ4v) is 3.45. The molecule has 2 aromatic heterocycles. The Labute approximate surface area is 138 Å². The lowest BCUT2D eigenvalue weighted by Crippen LogP contribution is -2.37. The summed E-state index contributed by atoms with van der Waals surface area (Å²) >= 11 is 0. The van der Waals surface area contributed by atoms with Crippen molar-refractivity contribution in [2.75, 3.05) is 18.0 Å². The van der Waals surface area contributed by atoms with Crippen LogP contribution in [0.5, 0.6) is 0 Å².